The molecule has 0 saturated carbocycles. The number of hydrogen-bond acceptors (Lipinski definition) is 5. The standard InChI is InChI=1S/C16H21NO5/c1-16(2,3)22-15(18)17(19)9-11-7-12-8-13(20-4)5-6-14(12)21-10-11/h5-8,19H,9-10H2,1-4H3. The van der Waals surface area contributed by atoms with Crippen molar-refractivity contribution in [2.75, 3.05) is 20.3 Å². The number of nitrogens with zero attached hydrogens (tertiary/aromatic N) is 1. The monoisotopic (exact) mass is 307 g/mol. The van der Waals surface area contributed by atoms with Crippen LogP contribution in [0.5, 0.6) is 11.5 Å². The molecule has 1 amide bonds. The second kappa shape index (κ2) is 6.27. The van der Waals surface area contributed by atoms with Gasteiger partial charge in [-0.05, 0) is 50.6 Å². The van der Waals surface area contributed by atoms with E-state index in [-0.39, 0.29) is 6.54 Å². The molecule has 6 nitrogen and oxygen atoms in total. The Morgan fingerprint density at radius 3 is 2.77 bits per heavy atom. The maximum absolute atomic E-state index is 11.7. The number of rotatable bonds is 3. The van der Waals surface area contributed by atoms with Gasteiger partial charge in [-0.25, -0.2) is 4.79 Å². The Kier molecular flexibility index (Phi) is 4.61. The van der Waals surface area contributed by atoms with Gasteiger partial charge in [0, 0.05) is 5.56 Å². The first-order valence-electron chi connectivity index (χ1n) is 6.98. The van der Waals surface area contributed by atoms with Gasteiger partial charge < -0.3 is 14.2 Å². The lowest BCUT2D eigenvalue weighted by molar-refractivity contribution is -0.0887. The third-order valence-electron chi connectivity index (χ3n) is 2.95. The van der Waals surface area contributed by atoms with Gasteiger partial charge in [0.2, 0.25) is 0 Å². The average Bonchev–Trinajstić information content (AvgIpc) is 2.44. The summed E-state index contributed by atoms with van der Waals surface area (Å²) in [5.41, 5.74) is 0.947. The number of benzene rings is 1. The van der Waals surface area contributed by atoms with Gasteiger partial charge >= 0.3 is 6.09 Å². The largest absolute Gasteiger partial charge is 0.497 e. The number of carbonyl (C=O) groups is 1. The van der Waals surface area contributed by atoms with Crippen LogP contribution in [-0.2, 0) is 4.74 Å². The second-order valence-corrected chi connectivity index (χ2v) is 6.03. The van der Waals surface area contributed by atoms with Crippen LogP contribution in [0, 0.1) is 0 Å². The van der Waals surface area contributed by atoms with Gasteiger partial charge in [-0.1, -0.05) is 0 Å². The molecule has 1 aromatic rings. The number of hydrogen-bond donors (Lipinski definition) is 1. The molecular formula is C16H21NO5. The molecule has 0 aromatic heterocycles. The van der Waals surface area contributed by atoms with Crippen molar-refractivity contribution in [1.82, 2.24) is 5.06 Å². The van der Waals surface area contributed by atoms with Gasteiger partial charge in [-0.3, -0.25) is 5.21 Å². The highest BCUT2D eigenvalue weighted by molar-refractivity contribution is 5.69. The van der Waals surface area contributed by atoms with Crippen LogP contribution in [0.4, 0.5) is 4.79 Å². The van der Waals surface area contributed by atoms with Crippen molar-refractivity contribution >= 4 is 12.2 Å². The highest BCUT2D eigenvalue weighted by Crippen LogP contribution is 2.30. The summed E-state index contributed by atoms with van der Waals surface area (Å²) in [6.07, 6.45) is 1.08. The molecule has 1 heterocycles. The molecule has 0 bridgehead atoms. The highest BCUT2D eigenvalue weighted by Gasteiger charge is 2.23. The normalized spacial score (nSPS) is 13.6. The van der Waals surface area contributed by atoms with E-state index in [1.165, 1.54) is 0 Å². The third kappa shape index (κ3) is 4.14. The highest BCUT2D eigenvalue weighted by atomic mass is 16.6. The fourth-order valence-electron chi connectivity index (χ4n) is 1.99. The Morgan fingerprint density at radius 1 is 1.41 bits per heavy atom. The maximum Gasteiger partial charge on any atom is 0.434 e. The minimum atomic E-state index is -0.787. The molecule has 0 atom stereocenters. The molecule has 0 saturated heterocycles. The summed E-state index contributed by atoms with van der Waals surface area (Å²) in [6.45, 7) is 5.55. The summed E-state index contributed by atoms with van der Waals surface area (Å²) in [7, 11) is 1.59. The molecule has 0 spiro atoms. The zero-order valence-electron chi connectivity index (χ0n) is 13.3. The maximum atomic E-state index is 11.7. The fourth-order valence-corrected chi connectivity index (χ4v) is 1.99. The minimum absolute atomic E-state index is 0.0194. The lowest BCUT2D eigenvalue weighted by Crippen LogP contribution is -2.36. The first kappa shape index (κ1) is 16.2. The number of hydroxylamine groups is 2. The van der Waals surface area contributed by atoms with E-state index in [9.17, 15) is 10.0 Å². The molecule has 2 rings (SSSR count). The fraction of sp³-hybridized carbons (Fsp3) is 0.438. The van der Waals surface area contributed by atoms with Crippen molar-refractivity contribution in [3.63, 3.8) is 0 Å². The molecular weight excluding hydrogens is 286 g/mol. The van der Waals surface area contributed by atoms with E-state index < -0.39 is 11.7 Å². The Labute approximate surface area is 129 Å². The number of carbonyl (C=O) groups excluding carboxylic acids is 1. The minimum Gasteiger partial charge on any atom is -0.497 e. The number of ether oxygens (including phenoxy) is 3. The molecule has 0 fully saturated rings. The van der Waals surface area contributed by atoms with Gasteiger partial charge in [0.05, 0.1) is 13.7 Å². The van der Waals surface area contributed by atoms with Crippen molar-refractivity contribution < 1.29 is 24.2 Å². The van der Waals surface area contributed by atoms with Crippen LogP contribution in [-0.4, -0.2) is 42.2 Å². The predicted octanol–water partition coefficient (Wildman–Crippen LogP) is 3.10. The first-order valence-corrected chi connectivity index (χ1v) is 6.98. The molecule has 1 aliphatic heterocycles. The molecule has 0 unspecified atom stereocenters. The molecule has 1 aromatic carbocycles. The van der Waals surface area contributed by atoms with E-state index in [2.05, 4.69) is 0 Å². The van der Waals surface area contributed by atoms with Crippen LogP contribution in [0.15, 0.2) is 23.8 Å². The molecule has 1 aliphatic rings. The van der Waals surface area contributed by atoms with E-state index in [1.807, 2.05) is 24.3 Å². The van der Waals surface area contributed by atoms with Crippen LogP contribution >= 0.6 is 0 Å². The molecule has 0 aliphatic carbocycles. The van der Waals surface area contributed by atoms with Crippen molar-refractivity contribution in [2.24, 2.45) is 0 Å². The molecule has 1 N–H and O–H groups in total. The summed E-state index contributed by atoms with van der Waals surface area (Å²) in [6, 6.07) is 5.48. The second-order valence-electron chi connectivity index (χ2n) is 6.03. The number of fused-ring (bicyclic) bond motifs is 1. The molecule has 120 valence electrons. The summed E-state index contributed by atoms with van der Waals surface area (Å²) in [5, 5.41) is 10.4. The van der Waals surface area contributed by atoms with E-state index in [4.69, 9.17) is 14.2 Å². The first-order chi connectivity index (χ1) is 10.3. The Bertz CT molecular complexity index is 589. The SMILES string of the molecule is COc1ccc2c(c1)C=C(CN(O)C(=O)OC(C)(C)C)CO2. The van der Waals surface area contributed by atoms with E-state index in [0.717, 1.165) is 16.9 Å². The van der Waals surface area contributed by atoms with Crippen LogP contribution in [0.1, 0.15) is 26.3 Å². The van der Waals surface area contributed by atoms with E-state index in [1.54, 1.807) is 27.9 Å². The Balaban J connectivity index is 2.07. The summed E-state index contributed by atoms with van der Waals surface area (Å²) < 4.78 is 15.9. The smallest absolute Gasteiger partial charge is 0.434 e. The lowest BCUT2D eigenvalue weighted by atomic mass is 10.1. The third-order valence-corrected chi connectivity index (χ3v) is 2.95. The van der Waals surface area contributed by atoms with Crippen molar-refractivity contribution in [3.8, 4) is 11.5 Å². The zero-order chi connectivity index (χ0) is 16.3. The summed E-state index contributed by atoms with van der Waals surface area (Å²) in [5.74, 6) is 1.46. The number of amides is 1. The van der Waals surface area contributed by atoms with Crippen molar-refractivity contribution in [2.45, 2.75) is 26.4 Å². The van der Waals surface area contributed by atoms with Gasteiger partial charge in [0.15, 0.2) is 0 Å². The van der Waals surface area contributed by atoms with Crippen LogP contribution < -0.4 is 9.47 Å². The van der Waals surface area contributed by atoms with Crippen LogP contribution in [0.2, 0.25) is 0 Å². The lowest BCUT2D eigenvalue weighted by Gasteiger charge is -2.25. The average molecular weight is 307 g/mol. The van der Waals surface area contributed by atoms with Crippen molar-refractivity contribution in [3.05, 3.63) is 29.3 Å². The van der Waals surface area contributed by atoms with Gasteiger partial charge in [-0.2, -0.15) is 5.06 Å². The Hall–Kier alpha value is -2.21. The van der Waals surface area contributed by atoms with E-state index >= 15 is 0 Å². The number of methoxy groups -OCH3 is 1. The van der Waals surface area contributed by atoms with Crippen molar-refractivity contribution in [1.29, 1.82) is 0 Å². The van der Waals surface area contributed by atoms with Gasteiger partial charge in [0.1, 0.15) is 23.7 Å². The summed E-state index contributed by atoms with van der Waals surface area (Å²) in [4.78, 5) is 11.7. The quantitative estimate of drug-likeness (QED) is 0.686. The predicted molar refractivity (Wildman–Crippen MR) is 81.2 cm³/mol. The Morgan fingerprint density at radius 2 is 2.14 bits per heavy atom. The van der Waals surface area contributed by atoms with Crippen LogP contribution in [0.25, 0.3) is 6.08 Å². The van der Waals surface area contributed by atoms with Gasteiger partial charge in [-0.15, -0.1) is 0 Å². The zero-order valence-corrected chi connectivity index (χ0v) is 13.3. The van der Waals surface area contributed by atoms with Gasteiger partial charge in [0.25, 0.3) is 0 Å². The van der Waals surface area contributed by atoms with E-state index in [0.29, 0.717) is 17.4 Å². The van der Waals surface area contributed by atoms with Crippen LogP contribution in [0.3, 0.4) is 0 Å². The summed E-state index contributed by atoms with van der Waals surface area (Å²) >= 11 is 0. The molecule has 6 heteroatoms. The topological polar surface area (TPSA) is 68.2 Å². The molecule has 0 radical (unpaired) electrons. The molecule has 22 heavy (non-hydrogen) atoms.